The number of piperidine rings is 1. The molecule has 0 bridgehead atoms. The van der Waals surface area contributed by atoms with Crippen molar-refractivity contribution in [3.63, 3.8) is 0 Å². The van der Waals surface area contributed by atoms with Gasteiger partial charge in [-0.1, -0.05) is 0 Å². The van der Waals surface area contributed by atoms with Gasteiger partial charge in [0.2, 0.25) is 5.95 Å². The summed E-state index contributed by atoms with van der Waals surface area (Å²) in [5, 5.41) is 12.2. The highest BCUT2D eigenvalue weighted by molar-refractivity contribution is 5.74. The van der Waals surface area contributed by atoms with E-state index in [0.29, 0.717) is 12.4 Å². The number of halogens is 1. The standard InChI is InChI=1S/C15H22FN5O2/c1-20(2)12-10(16)8-17-14(19-12)21-5-3-15(4-6-21)7-11(13(22)23)18-9-15/h8,11,18H,3-7,9H2,1-2H3,(H,22,23)/t11-/m0/s1. The molecule has 0 aliphatic carbocycles. The van der Waals surface area contributed by atoms with Crippen molar-refractivity contribution < 1.29 is 14.3 Å². The third kappa shape index (κ3) is 3.08. The lowest BCUT2D eigenvalue weighted by atomic mass is 9.76. The van der Waals surface area contributed by atoms with Crippen LogP contribution in [0.1, 0.15) is 19.3 Å². The van der Waals surface area contributed by atoms with Gasteiger partial charge in [-0.3, -0.25) is 4.79 Å². The van der Waals surface area contributed by atoms with Crippen molar-refractivity contribution in [2.24, 2.45) is 5.41 Å². The second-order valence-electron chi connectivity index (χ2n) is 6.70. The Morgan fingerprint density at radius 2 is 2.17 bits per heavy atom. The van der Waals surface area contributed by atoms with E-state index in [1.54, 1.807) is 19.0 Å². The highest BCUT2D eigenvalue weighted by Gasteiger charge is 2.43. The number of nitrogens with zero attached hydrogens (tertiary/aromatic N) is 4. The normalized spacial score (nSPS) is 23.3. The van der Waals surface area contributed by atoms with Gasteiger partial charge in [-0.2, -0.15) is 4.98 Å². The van der Waals surface area contributed by atoms with Crippen LogP contribution < -0.4 is 15.1 Å². The molecule has 0 amide bonds. The van der Waals surface area contributed by atoms with Crippen LogP contribution in [0.5, 0.6) is 0 Å². The van der Waals surface area contributed by atoms with Crippen molar-refractivity contribution in [3.8, 4) is 0 Å². The first kappa shape index (κ1) is 15.9. The SMILES string of the molecule is CN(C)c1nc(N2CCC3(CC2)CN[C@H](C(=O)O)C3)ncc1F. The first-order chi connectivity index (χ1) is 10.9. The summed E-state index contributed by atoms with van der Waals surface area (Å²) < 4.78 is 13.7. The zero-order valence-corrected chi connectivity index (χ0v) is 13.4. The predicted molar refractivity (Wildman–Crippen MR) is 84.2 cm³/mol. The molecule has 126 valence electrons. The fraction of sp³-hybridized carbons (Fsp3) is 0.667. The lowest BCUT2D eigenvalue weighted by Gasteiger charge is -2.39. The van der Waals surface area contributed by atoms with Crippen LogP contribution in [0.3, 0.4) is 0 Å². The summed E-state index contributed by atoms with van der Waals surface area (Å²) >= 11 is 0. The summed E-state index contributed by atoms with van der Waals surface area (Å²) in [6.07, 6.45) is 3.66. The van der Waals surface area contributed by atoms with Gasteiger partial charge in [0, 0.05) is 33.7 Å². The van der Waals surface area contributed by atoms with Gasteiger partial charge in [-0.15, -0.1) is 0 Å². The van der Waals surface area contributed by atoms with Crippen molar-refractivity contribution >= 4 is 17.7 Å². The zero-order chi connectivity index (χ0) is 16.6. The molecule has 0 saturated carbocycles. The monoisotopic (exact) mass is 323 g/mol. The predicted octanol–water partition coefficient (Wildman–Crippen LogP) is 0.715. The van der Waals surface area contributed by atoms with Gasteiger partial charge in [0.05, 0.1) is 6.20 Å². The number of hydrogen-bond acceptors (Lipinski definition) is 6. The van der Waals surface area contributed by atoms with Gasteiger partial charge in [-0.05, 0) is 24.7 Å². The molecule has 1 spiro atoms. The number of aliphatic carboxylic acids is 1. The Morgan fingerprint density at radius 1 is 1.48 bits per heavy atom. The first-order valence-electron chi connectivity index (χ1n) is 7.81. The molecule has 8 heteroatoms. The number of hydrogen-bond donors (Lipinski definition) is 2. The van der Waals surface area contributed by atoms with E-state index in [9.17, 15) is 9.18 Å². The van der Waals surface area contributed by atoms with Crippen LogP contribution in [-0.2, 0) is 4.79 Å². The molecule has 2 aliphatic heterocycles. The minimum Gasteiger partial charge on any atom is -0.480 e. The molecule has 2 fully saturated rings. The van der Waals surface area contributed by atoms with Gasteiger partial charge in [0.1, 0.15) is 6.04 Å². The summed E-state index contributed by atoms with van der Waals surface area (Å²) in [6, 6.07) is -0.441. The maximum Gasteiger partial charge on any atom is 0.320 e. The number of nitrogens with one attached hydrogen (secondary N) is 1. The summed E-state index contributed by atoms with van der Waals surface area (Å²) in [5.41, 5.74) is 0.0456. The van der Waals surface area contributed by atoms with Crippen LogP contribution in [0.4, 0.5) is 16.2 Å². The summed E-state index contributed by atoms with van der Waals surface area (Å²) in [7, 11) is 3.49. The molecule has 0 radical (unpaired) electrons. The number of anilines is 2. The van der Waals surface area contributed by atoms with Crippen molar-refractivity contribution in [2.45, 2.75) is 25.3 Å². The fourth-order valence-corrected chi connectivity index (χ4v) is 3.47. The average molecular weight is 323 g/mol. The molecule has 3 heterocycles. The highest BCUT2D eigenvalue weighted by Crippen LogP contribution is 2.40. The number of aromatic nitrogens is 2. The van der Waals surface area contributed by atoms with Crippen LogP contribution >= 0.6 is 0 Å². The quantitative estimate of drug-likeness (QED) is 0.848. The van der Waals surface area contributed by atoms with Crippen LogP contribution in [-0.4, -0.2) is 60.8 Å². The molecule has 2 N–H and O–H groups in total. The van der Waals surface area contributed by atoms with Gasteiger partial charge in [0.15, 0.2) is 11.6 Å². The lowest BCUT2D eigenvalue weighted by molar-refractivity contribution is -0.139. The van der Waals surface area contributed by atoms with Gasteiger partial charge in [-0.25, -0.2) is 9.37 Å². The van der Waals surface area contributed by atoms with Crippen molar-refractivity contribution in [2.75, 3.05) is 43.5 Å². The second kappa shape index (κ2) is 5.92. The van der Waals surface area contributed by atoms with Crippen LogP contribution in [0.2, 0.25) is 0 Å². The number of carbonyl (C=O) groups is 1. The first-order valence-corrected chi connectivity index (χ1v) is 7.81. The van der Waals surface area contributed by atoms with Gasteiger partial charge < -0.3 is 20.2 Å². The molecule has 0 aromatic carbocycles. The van der Waals surface area contributed by atoms with Gasteiger partial charge >= 0.3 is 5.97 Å². The molecule has 3 rings (SSSR count). The van der Waals surface area contributed by atoms with E-state index in [1.165, 1.54) is 6.20 Å². The van der Waals surface area contributed by atoms with E-state index >= 15 is 0 Å². The average Bonchev–Trinajstić information content (AvgIpc) is 2.93. The van der Waals surface area contributed by atoms with E-state index < -0.39 is 17.8 Å². The minimum absolute atomic E-state index is 0.0456. The topological polar surface area (TPSA) is 81.6 Å². The molecule has 0 unspecified atom stereocenters. The maximum absolute atomic E-state index is 13.7. The van der Waals surface area contributed by atoms with Crippen molar-refractivity contribution in [1.82, 2.24) is 15.3 Å². The summed E-state index contributed by atoms with van der Waals surface area (Å²) in [6.45, 7) is 2.25. The van der Waals surface area contributed by atoms with Crippen LogP contribution in [0.15, 0.2) is 6.20 Å². The summed E-state index contributed by atoms with van der Waals surface area (Å²) in [4.78, 5) is 23.2. The molecule has 1 atom stereocenters. The second-order valence-corrected chi connectivity index (χ2v) is 6.70. The molecule has 7 nitrogen and oxygen atoms in total. The Morgan fingerprint density at radius 3 is 2.74 bits per heavy atom. The number of carboxylic acid groups (broad SMARTS) is 1. The molecular weight excluding hydrogens is 301 g/mol. The Bertz CT molecular complexity index is 602. The van der Waals surface area contributed by atoms with Crippen LogP contribution in [0, 0.1) is 11.2 Å². The zero-order valence-electron chi connectivity index (χ0n) is 13.4. The maximum atomic E-state index is 13.7. The largest absolute Gasteiger partial charge is 0.480 e. The third-order valence-corrected chi connectivity index (χ3v) is 4.90. The highest BCUT2D eigenvalue weighted by atomic mass is 19.1. The Labute approximate surface area is 134 Å². The van der Waals surface area contributed by atoms with Crippen LogP contribution in [0.25, 0.3) is 0 Å². The lowest BCUT2D eigenvalue weighted by Crippen LogP contribution is -2.42. The fourth-order valence-electron chi connectivity index (χ4n) is 3.47. The van der Waals surface area contributed by atoms with Crippen molar-refractivity contribution in [1.29, 1.82) is 0 Å². The van der Waals surface area contributed by atoms with E-state index in [-0.39, 0.29) is 11.2 Å². The molecule has 23 heavy (non-hydrogen) atoms. The van der Waals surface area contributed by atoms with E-state index in [2.05, 4.69) is 15.3 Å². The summed E-state index contributed by atoms with van der Waals surface area (Å²) in [5.74, 6) is -0.396. The molecular formula is C15H22FN5O2. The number of rotatable bonds is 3. The number of carboxylic acids is 1. The Balaban J connectivity index is 1.68. The van der Waals surface area contributed by atoms with Crippen molar-refractivity contribution in [3.05, 3.63) is 12.0 Å². The van der Waals surface area contributed by atoms with Gasteiger partial charge in [0.25, 0.3) is 0 Å². The Hall–Kier alpha value is -1.96. The smallest absolute Gasteiger partial charge is 0.320 e. The molecule has 1 aromatic rings. The van der Waals surface area contributed by atoms with E-state index in [4.69, 9.17) is 5.11 Å². The molecule has 2 aliphatic rings. The third-order valence-electron chi connectivity index (χ3n) is 4.90. The van der Waals surface area contributed by atoms with E-state index in [1.807, 2.05) is 4.90 Å². The molecule has 1 aromatic heterocycles. The Kier molecular flexibility index (Phi) is 4.09. The molecule has 2 saturated heterocycles. The minimum atomic E-state index is -0.776. The van der Waals surface area contributed by atoms with E-state index in [0.717, 1.165) is 32.5 Å².